The maximum Gasteiger partial charge on any atom is 0.363 e. The number of methoxy groups -OCH3 is 2. The van der Waals surface area contributed by atoms with Crippen LogP contribution < -0.4 is 9.47 Å². The summed E-state index contributed by atoms with van der Waals surface area (Å²) in [6.45, 7) is 6.45. The van der Waals surface area contributed by atoms with E-state index in [4.69, 9.17) is 14.2 Å². The number of ether oxygens (including phenoxy) is 3. The van der Waals surface area contributed by atoms with Gasteiger partial charge in [-0.1, -0.05) is 32.9 Å². The van der Waals surface area contributed by atoms with Gasteiger partial charge in [-0.2, -0.15) is 0 Å². The third kappa shape index (κ3) is 4.03. The first-order valence-electron chi connectivity index (χ1n) is 8.67. The van der Waals surface area contributed by atoms with Gasteiger partial charge in [0.25, 0.3) is 0 Å². The number of nitrogens with zero attached hydrogens (tertiary/aromatic N) is 1. The molecule has 0 saturated heterocycles. The Bertz CT molecular complexity index is 918. The maximum absolute atomic E-state index is 12.2. The molecule has 2 aromatic carbocycles. The fourth-order valence-corrected chi connectivity index (χ4v) is 2.73. The predicted octanol–water partition coefficient (Wildman–Crippen LogP) is 4.35. The number of hydrogen-bond donors (Lipinski definition) is 0. The summed E-state index contributed by atoms with van der Waals surface area (Å²) in [6, 6.07) is 13.3. The van der Waals surface area contributed by atoms with Gasteiger partial charge in [0, 0.05) is 17.2 Å². The Balaban J connectivity index is 1.91. The molecule has 0 atom stereocenters. The molecule has 0 amide bonds. The smallest absolute Gasteiger partial charge is 0.363 e. The fourth-order valence-electron chi connectivity index (χ4n) is 2.73. The van der Waals surface area contributed by atoms with Crippen molar-refractivity contribution in [1.29, 1.82) is 0 Å². The monoisotopic (exact) mass is 365 g/mol. The summed E-state index contributed by atoms with van der Waals surface area (Å²) in [5.41, 5.74) is 2.98. The van der Waals surface area contributed by atoms with Crippen LogP contribution in [0.15, 0.2) is 53.2 Å². The highest BCUT2D eigenvalue weighted by atomic mass is 16.6. The number of aliphatic imine (C=N–C) groups is 1. The summed E-state index contributed by atoms with van der Waals surface area (Å²) in [5.74, 6) is 1.08. The summed E-state index contributed by atoms with van der Waals surface area (Å²) in [4.78, 5) is 16.6. The van der Waals surface area contributed by atoms with E-state index >= 15 is 0 Å². The van der Waals surface area contributed by atoms with Crippen LogP contribution in [-0.2, 0) is 14.9 Å². The highest BCUT2D eigenvalue weighted by molar-refractivity contribution is 6.13. The Labute approximate surface area is 159 Å². The number of carbonyl (C=O) groups is 1. The first-order chi connectivity index (χ1) is 12.8. The quantitative estimate of drug-likeness (QED) is 0.597. The molecule has 3 rings (SSSR count). The number of hydrogen-bond acceptors (Lipinski definition) is 5. The number of cyclic esters (lactones) is 1. The third-order valence-corrected chi connectivity index (χ3v) is 4.35. The van der Waals surface area contributed by atoms with Crippen LogP contribution in [0, 0.1) is 0 Å². The van der Waals surface area contributed by atoms with Crippen LogP contribution in [-0.4, -0.2) is 26.1 Å². The van der Waals surface area contributed by atoms with Gasteiger partial charge in [0.05, 0.1) is 14.2 Å². The standard InChI is InChI=1S/C22H23NO4/c1-22(2,3)16-9-6-14(7-10-16)20-23-18(21(24)27-20)12-15-8-11-17(25-4)13-19(15)26-5/h6-13H,1-5H3. The molecule has 0 radical (unpaired) electrons. The van der Waals surface area contributed by atoms with Crippen LogP contribution in [0.1, 0.15) is 37.5 Å². The van der Waals surface area contributed by atoms with Gasteiger partial charge in [-0.05, 0) is 41.3 Å². The van der Waals surface area contributed by atoms with E-state index in [1.807, 2.05) is 30.3 Å². The lowest BCUT2D eigenvalue weighted by Gasteiger charge is -2.18. The minimum atomic E-state index is -0.484. The van der Waals surface area contributed by atoms with Crippen LogP contribution in [0.3, 0.4) is 0 Å². The van der Waals surface area contributed by atoms with E-state index in [0.29, 0.717) is 17.4 Å². The number of carbonyl (C=O) groups excluding carboxylic acids is 1. The molecule has 0 N–H and O–H groups in total. The zero-order valence-electron chi connectivity index (χ0n) is 16.2. The Morgan fingerprint density at radius 3 is 2.30 bits per heavy atom. The van der Waals surface area contributed by atoms with Crippen molar-refractivity contribution in [2.75, 3.05) is 14.2 Å². The fraction of sp³-hybridized carbons (Fsp3) is 0.273. The van der Waals surface area contributed by atoms with Crippen LogP contribution in [0.4, 0.5) is 0 Å². The summed E-state index contributed by atoms with van der Waals surface area (Å²) in [6.07, 6.45) is 1.65. The summed E-state index contributed by atoms with van der Waals surface area (Å²) < 4.78 is 15.9. The Morgan fingerprint density at radius 2 is 1.70 bits per heavy atom. The lowest BCUT2D eigenvalue weighted by molar-refractivity contribution is -0.129. The SMILES string of the molecule is COc1ccc(C=C2N=C(c3ccc(C(C)(C)C)cc3)OC2=O)c(OC)c1. The lowest BCUT2D eigenvalue weighted by Crippen LogP contribution is -2.11. The minimum absolute atomic E-state index is 0.0582. The molecular weight excluding hydrogens is 342 g/mol. The number of rotatable bonds is 4. The summed E-state index contributed by atoms with van der Waals surface area (Å²) >= 11 is 0. The molecule has 1 aliphatic heterocycles. The van der Waals surface area contributed by atoms with Crippen molar-refractivity contribution in [2.24, 2.45) is 4.99 Å². The van der Waals surface area contributed by atoms with Crippen LogP contribution >= 0.6 is 0 Å². The van der Waals surface area contributed by atoms with E-state index < -0.39 is 5.97 Å². The molecule has 0 spiro atoms. The molecule has 27 heavy (non-hydrogen) atoms. The summed E-state index contributed by atoms with van der Waals surface area (Å²) in [7, 11) is 3.15. The average molecular weight is 365 g/mol. The zero-order chi connectivity index (χ0) is 19.6. The Hall–Kier alpha value is -3.08. The molecule has 5 nitrogen and oxygen atoms in total. The van der Waals surface area contributed by atoms with Gasteiger partial charge in [-0.15, -0.1) is 0 Å². The second-order valence-corrected chi connectivity index (χ2v) is 7.27. The Kier molecular flexibility index (Phi) is 5.04. The molecule has 0 aromatic heterocycles. The molecule has 1 aliphatic rings. The second-order valence-electron chi connectivity index (χ2n) is 7.27. The van der Waals surface area contributed by atoms with Crippen molar-refractivity contribution in [3.8, 4) is 11.5 Å². The highest BCUT2D eigenvalue weighted by Gasteiger charge is 2.25. The maximum atomic E-state index is 12.2. The topological polar surface area (TPSA) is 57.1 Å². The average Bonchev–Trinajstić information content (AvgIpc) is 3.02. The molecular formula is C22H23NO4. The van der Waals surface area contributed by atoms with Crippen molar-refractivity contribution >= 4 is 17.9 Å². The van der Waals surface area contributed by atoms with Crippen molar-refractivity contribution in [2.45, 2.75) is 26.2 Å². The minimum Gasteiger partial charge on any atom is -0.497 e. The van der Waals surface area contributed by atoms with Gasteiger partial charge >= 0.3 is 5.97 Å². The first-order valence-corrected chi connectivity index (χ1v) is 8.67. The van der Waals surface area contributed by atoms with E-state index in [-0.39, 0.29) is 11.1 Å². The predicted molar refractivity (Wildman–Crippen MR) is 105 cm³/mol. The third-order valence-electron chi connectivity index (χ3n) is 4.35. The van der Waals surface area contributed by atoms with Gasteiger partial charge in [-0.3, -0.25) is 0 Å². The molecule has 0 fully saturated rings. The molecule has 0 saturated carbocycles. The van der Waals surface area contributed by atoms with Gasteiger partial charge in [0.2, 0.25) is 5.90 Å². The van der Waals surface area contributed by atoms with Gasteiger partial charge in [0.15, 0.2) is 5.70 Å². The van der Waals surface area contributed by atoms with Crippen molar-refractivity contribution in [1.82, 2.24) is 0 Å². The number of esters is 1. The highest BCUT2D eigenvalue weighted by Crippen LogP contribution is 2.29. The molecule has 1 heterocycles. The molecule has 5 heteroatoms. The normalized spacial score (nSPS) is 15.5. The van der Waals surface area contributed by atoms with Crippen molar-refractivity contribution < 1.29 is 19.0 Å². The molecule has 0 aliphatic carbocycles. The largest absolute Gasteiger partial charge is 0.497 e. The molecule has 0 bridgehead atoms. The summed E-state index contributed by atoms with van der Waals surface area (Å²) in [5, 5.41) is 0. The Morgan fingerprint density at radius 1 is 1.00 bits per heavy atom. The molecule has 140 valence electrons. The van der Waals surface area contributed by atoms with Crippen LogP contribution in [0.2, 0.25) is 0 Å². The van der Waals surface area contributed by atoms with Gasteiger partial charge in [-0.25, -0.2) is 9.79 Å². The van der Waals surface area contributed by atoms with Crippen molar-refractivity contribution in [3.63, 3.8) is 0 Å². The van der Waals surface area contributed by atoms with Crippen LogP contribution in [0.25, 0.3) is 6.08 Å². The van der Waals surface area contributed by atoms with Gasteiger partial charge < -0.3 is 14.2 Å². The van der Waals surface area contributed by atoms with Gasteiger partial charge in [0.1, 0.15) is 11.5 Å². The van der Waals surface area contributed by atoms with E-state index in [0.717, 1.165) is 11.1 Å². The number of benzene rings is 2. The van der Waals surface area contributed by atoms with E-state index in [1.165, 1.54) is 5.56 Å². The van der Waals surface area contributed by atoms with E-state index in [1.54, 1.807) is 32.4 Å². The lowest BCUT2D eigenvalue weighted by atomic mass is 9.87. The van der Waals surface area contributed by atoms with E-state index in [2.05, 4.69) is 25.8 Å². The van der Waals surface area contributed by atoms with Crippen molar-refractivity contribution in [3.05, 3.63) is 64.9 Å². The van der Waals surface area contributed by atoms with Crippen LogP contribution in [0.5, 0.6) is 11.5 Å². The first kappa shape index (κ1) is 18.7. The molecule has 0 unspecified atom stereocenters. The zero-order valence-corrected chi connectivity index (χ0v) is 16.2. The molecule has 2 aromatic rings. The second kappa shape index (κ2) is 7.27. The van der Waals surface area contributed by atoms with E-state index in [9.17, 15) is 4.79 Å².